The highest BCUT2D eigenvalue weighted by Crippen LogP contribution is 2.12. The number of allylic oxidation sites excluding steroid dienone is 1. The molecular formula is C16H23BrN2O. The van der Waals surface area contributed by atoms with Crippen LogP contribution in [0.3, 0.4) is 0 Å². The van der Waals surface area contributed by atoms with Gasteiger partial charge in [-0.15, -0.1) is 6.58 Å². The second-order valence-corrected chi connectivity index (χ2v) is 5.77. The molecule has 1 heterocycles. The molecule has 0 spiro atoms. The Morgan fingerprint density at radius 3 is 2.55 bits per heavy atom. The van der Waals surface area contributed by atoms with E-state index >= 15 is 0 Å². The van der Waals surface area contributed by atoms with Crippen LogP contribution in [0, 0.1) is 0 Å². The Morgan fingerprint density at radius 1 is 1.20 bits per heavy atom. The van der Waals surface area contributed by atoms with Crippen LogP contribution in [-0.4, -0.2) is 10.9 Å². The van der Waals surface area contributed by atoms with Crippen LogP contribution in [0.1, 0.15) is 51.4 Å². The number of aromatic nitrogens is 1. The van der Waals surface area contributed by atoms with Gasteiger partial charge >= 0.3 is 0 Å². The molecule has 20 heavy (non-hydrogen) atoms. The minimum Gasteiger partial charge on any atom is -0.311 e. The van der Waals surface area contributed by atoms with Gasteiger partial charge in [0.25, 0.3) is 0 Å². The SMILES string of the molecule is C=CCCCCCCCCC(=O)Nc1ccc(Br)cn1. The lowest BCUT2D eigenvalue weighted by atomic mass is 10.1. The van der Waals surface area contributed by atoms with E-state index in [0.717, 1.165) is 23.7 Å². The monoisotopic (exact) mass is 338 g/mol. The number of hydrogen-bond donors (Lipinski definition) is 1. The molecule has 0 atom stereocenters. The molecular weight excluding hydrogens is 316 g/mol. The lowest BCUT2D eigenvalue weighted by Gasteiger charge is -2.04. The average molecular weight is 339 g/mol. The van der Waals surface area contributed by atoms with Crippen molar-refractivity contribution in [3.63, 3.8) is 0 Å². The van der Waals surface area contributed by atoms with Crippen LogP contribution in [-0.2, 0) is 4.79 Å². The highest BCUT2D eigenvalue weighted by Gasteiger charge is 2.02. The zero-order valence-corrected chi connectivity index (χ0v) is 13.5. The summed E-state index contributed by atoms with van der Waals surface area (Å²) in [5.41, 5.74) is 0. The first kappa shape index (κ1) is 16.9. The zero-order chi connectivity index (χ0) is 14.6. The number of hydrogen-bond acceptors (Lipinski definition) is 2. The summed E-state index contributed by atoms with van der Waals surface area (Å²) in [5.74, 6) is 0.661. The Balaban J connectivity index is 2.03. The Bertz CT molecular complexity index is 403. The second-order valence-electron chi connectivity index (χ2n) is 4.86. The third-order valence-electron chi connectivity index (χ3n) is 3.06. The smallest absolute Gasteiger partial charge is 0.225 e. The number of nitrogens with zero attached hydrogens (tertiary/aromatic N) is 1. The molecule has 4 heteroatoms. The third-order valence-corrected chi connectivity index (χ3v) is 3.53. The van der Waals surface area contributed by atoms with Crippen molar-refractivity contribution in [3.8, 4) is 0 Å². The highest BCUT2D eigenvalue weighted by atomic mass is 79.9. The summed E-state index contributed by atoms with van der Waals surface area (Å²) in [7, 11) is 0. The number of rotatable bonds is 10. The van der Waals surface area contributed by atoms with E-state index < -0.39 is 0 Å². The van der Waals surface area contributed by atoms with Crippen LogP contribution in [0.15, 0.2) is 35.5 Å². The van der Waals surface area contributed by atoms with Crippen LogP contribution in [0.25, 0.3) is 0 Å². The summed E-state index contributed by atoms with van der Waals surface area (Å²) in [5, 5.41) is 2.81. The number of amides is 1. The molecule has 1 aromatic rings. The van der Waals surface area contributed by atoms with Gasteiger partial charge in [0.05, 0.1) is 0 Å². The van der Waals surface area contributed by atoms with Crippen LogP contribution in [0.5, 0.6) is 0 Å². The van der Waals surface area contributed by atoms with Crippen molar-refractivity contribution < 1.29 is 4.79 Å². The van der Waals surface area contributed by atoms with Gasteiger partial charge in [0.2, 0.25) is 5.91 Å². The van der Waals surface area contributed by atoms with E-state index in [1.165, 1.54) is 25.7 Å². The summed E-state index contributed by atoms with van der Waals surface area (Å²) in [4.78, 5) is 15.8. The summed E-state index contributed by atoms with van der Waals surface area (Å²) in [6.07, 6.45) is 12.4. The van der Waals surface area contributed by atoms with E-state index in [1.807, 2.05) is 12.1 Å². The van der Waals surface area contributed by atoms with Gasteiger partial charge in [0, 0.05) is 17.1 Å². The van der Waals surface area contributed by atoms with Crippen LogP contribution < -0.4 is 5.32 Å². The molecule has 110 valence electrons. The minimum absolute atomic E-state index is 0.0477. The summed E-state index contributed by atoms with van der Waals surface area (Å²) < 4.78 is 0.909. The van der Waals surface area contributed by atoms with Gasteiger partial charge in [-0.1, -0.05) is 31.8 Å². The molecule has 0 fully saturated rings. The standard InChI is InChI=1S/C16H23BrN2O/c1-2-3-4-5-6-7-8-9-10-16(20)19-15-12-11-14(17)13-18-15/h2,11-13H,1,3-10H2,(H,18,19,20). The first-order valence-corrected chi connectivity index (χ1v) is 8.04. The fourth-order valence-corrected chi connectivity index (χ4v) is 2.17. The van der Waals surface area contributed by atoms with Crippen molar-refractivity contribution in [2.24, 2.45) is 0 Å². The van der Waals surface area contributed by atoms with E-state index in [2.05, 4.69) is 32.8 Å². The van der Waals surface area contributed by atoms with Gasteiger partial charge in [-0.25, -0.2) is 4.98 Å². The molecule has 0 aliphatic rings. The molecule has 0 radical (unpaired) electrons. The highest BCUT2D eigenvalue weighted by molar-refractivity contribution is 9.10. The number of pyridine rings is 1. The zero-order valence-electron chi connectivity index (χ0n) is 11.9. The lowest BCUT2D eigenvalue weighted by Crippen LogP contribution is -2.11. The molecule has 0 aliphatic carbocycles. The number of halogens is 1. The van der Waals surface area contributed by atoms with Gasteiger partial charge in [-0.3, -0.25) is 4.79 Å². The Kier molecular flexibility index (Phi) is 8.96. The average Bonchev–Trinajstić information content (AvgIpc) is 2.44. The summed E-state index contributed by atoms with van der Waals surface area (Å²) in [6.45, 7) is 3.71. The number of carbonyl (C=O) groups is 1. The van der Waals surface area contributed by atoms with Crippen molar-refractivity contribution >= 4 is 27.7 Å². The van der Waals surface area contributed by atoms with Gasteiger partial charge in [-0.2, -0.15) is 0 Å². The maximum atomic E-state index is 11.7. The maximum absolute atomic E-state index is 11.7. The molecule has 0 saturated heterocycles. The fourth-order valence-electron chi connectivity index (χ4n) is 1.94. The predicted molar refractivity (Wildman–Crippen MR) is 87.7 cm³/mol. The molecule has 1 aromatic heterocycles. The molecule has 0 aliphatic heterocycles. The van der Waals surface area contributed by atoms with Gasteiger partial charge in [-0.05, 0) is 47.3 Å². The van der Waals surface area contributed by atoms with E-state index in [0.29, 0.717) is 12.2 Å². The normalized spacial score (nSPS) is 10.2. The van der Waals surface area contributed by atoms with Crippen LogP contribution in [0.2, 0.25) is 0 Å². The first-order valence-electron chi connectivity index (χ1n) is 7.24. The Labute approximate surface area is 130 Å². The number of anilines is 1. The Hall–Kier alpha value is -1.16. The lowest BCUT2D eigenvalue weighted by molar-refractivity contribution is -0.116. The van der Waals surface area contributed by atoms with Crippen molar-refractivity contribution in [2.45, 2.75) is 51.4 Å². The molecule has 0 unspecified atom stereocenters. The largest absolute Gasteiger partial charge is 0.311 e. The van der Waals surface area contributed by atoms with E-state index in [1.54, 1.807) is 12.3 Å². The summed E-state index contributed by atoms with van der Waals surface area (Å²) >= 11 is 3.31. The molecule has 1 amide bonds. The number of nitrogens with one attached hydrogen (secondary N) is 1. The Morgan fingerprint density at radius 2 is 1.90 bits per heavy atom. The van der Waals surface area contributed by atoms with Gasteiger partial charge < -0.3 is 5.32 Å². The second kappa shape index (κ2) is 10.6. The third kappa shape index (κ3) is 8.10. The van der Waals surface area contributed by atoms with Crippen molar-refractivity contribution in [1.29, 1.82) is 0 Å². The topological polar surface area (TPSA) is 42.0 Å². The molecule has 1 rings (SSSR count). The van der Waals surface area contributed by atoms with E-state index in [9.17, 15) is 4.79 Å². The molecule has 3 nitrogen and oxygen atoms in total. The van der Waals surface area contributed by atoms with Crippen molar-refractivity contribution in [1.82, 2.24) is 4.98 Å². The predicted octanol–water partition coefficient (Wildman–Crippen LogP) is 5.09. The first-order chi connectivity index (χ1) is 9.72. The summed E-state index contributed by atoms with van der Waals surface area (Å²) in [6, 6.07) is 3.66. The van der Waals surface area contributed by atoms with Gasteiger partial charge in [0.15, 0.2) is 0 Å². The van der Waals surface area contributed by atoms with Crippen molar-refractivity contribution in [3.05, 3.63) is 35.5 Å². The van der Waals surface area contributed by atoms with E-state index in [-0.39, 0.29) is 5.91 Å². The quantitative estimate of drug-likeness (QED) is 0.476. The fraction of sp³-hybridized carbons (Fsp3) is 0.500. The molecule has 1 N–H and O–H groups in total. The maximum Gasteiger partial charge on any atom is 0.225 e. The minimum atomic E-state index is 0.0477. The van der Waals surface area contributed by atoms with Gasteiger partial charge in [0.1, 0.15) is 5.82 Å². The van der Waals surface area contributed by atoms with E-state index in [4.69, 9.17) is 0 Å². The molecule has 0 saturated carbocycles. The van der Waals surface area contributed by atoms with Crippen LogP contribution >= 0.6 is 15.9 Å². The number of carbonyl (C=O) groups excluding carboxylic acids is 1. The molecule has 0 bridgehead atoms. The molecule has 0 aromatic carbocycles. The van der Waals surface area contributed by atoms with Crippen molar-refractivity contribution in [2.75, 3.05) is 5.32 Å². The number of unbranched alkanes of at least 4 members (excludes halogenated alkanes) is 6. The van der Waals surface area contributed by atoms with Crippen LogP contribution in [0.4, 0.5) is 5.82 Å².